The average Bonchev–Trinajstić information content (AvgIpc) is 0.918. The number of hydrogen-bond donors (Lipinski definition) is 0. The monoisotopic (exact) mass is 277 g/mol. The van der Waals surface area contributed by atoms with Crippen LogP contribution >= 0.6 is 9.90 Å². The van der Waals surface area contributed by atoms with E-state index in [9.17, 15) is 0 Å². The molecule has 0 aliphatic heterocycles. The van der Waals surface area contributed by atoms with Gasteiger partial charge < -0.3 is 10.1 Å². The first-order valence-electron chi connectivity index (χ1n) is 0.365. The Bertz CT molecular complexity index is 17.1. The molecule has 0 rings (SSSR count). The van der Waals surface area contributed by atoms with Crippen molar-refractivity contribution in [3.63, 3.8) is 0 Å². The summed E-state index contributed by atoms with van der Waals surface area (Å²) >= 11 is 0. The van der Waals surface area contributed by atoms with E-state index >= 15 is 0 Å². The van der Waals surface area contributed by atoms with Gasteiger partial charge in [0.1, 0.15) is 0 Å². The van der Waals surface area contributed by atoms with Gasteiger partial charge in [0.05, 0.1) is 0 Å². The van der Waals surface area contributed by atoms with Crippen LogP contribution in [-0.4, -0.2) is 0 Å². The second-order valence-electron chi connectivity index (χ2n) is 0.0745. The molecule has 0 N–H and O–H groups in total. The van der Waals surface area contributed by atoms with Crippen LogP contribution in [0.25, 0.3) is 0 Å². The normalized spacial score (nSPS) is 2.40. The van der Waals surface area contributed by atoms with E-state index in [2.05, 4.69) is 0 Å². The summed E-state index contributed by atoms with van der Waals surface area (Å²) in [6.45, 7) is 0. The van der Waals surface area contributed by atoms with E-state index in [-0.39, 0.29) is 32.3 Å². The molecule has 37 valence electrons. The zero-order valence-corrected chi connectivity index (χ0v) is 5.85. The van der Waals surface area contributed by atoms with Gasteiger partial charge in [-0.2, -0.15) is 9.90 Å². The predicted octanol–water partition coefficient (Wildman–Crippen LogP) is 0.306. The van der Waals surface area contributed by atoms with Crippen LogP contribution < -0.4 is 0 Å². The van der Waals surface area contributed by atoms with Gasteiger partial charge in [-0.05, 0) is 0 Å². The Morgan fingerprint density at radius 2 is 1.60 bits per heavy atom. The molecular weight excluding hydrogens is 274 g/mol. The van der Waals surface area contributed by atoms with Crippen molar-refractivity contribution in [3.05, 3.63) is 10.1 Å². The second kappa shape index (κ2) is 23.6. The van der Waals surface area contributed by atoms with Crippen molar-refractivity contribution in [2.24, 2.45) is 5.34 Å². The third-order valence-electron chi connectivity index (χ3n) is 0. The van der Waals surface area contributed by atoms with Crippen molar-refractivity contribution in [3.8, 4) is 0 Å². The Morgan fingerprint density at radius 1 is 1.60 bits per heavy atom. The van der Waals surface area contributed by atoms with Gasteiger partial charge in [0.25, 0.3) is 0 Å². The van der Waals surface area contributed by atoms with Crippen LogP contribution in [0.3, 0.4) is 0 Å². The quantitative estimate of drug-likeness (QED) is 0.277. The van der Waals surface area contributed by atoms with Crippen LogP contribution in [0, 0.1) is 10.1 Å². The van der Waals surface area contributed by atoms with E-state index < -0.39 is 0 Å². The largest absolute Gasteiger partial charge is 0.444 e. The van der Waals surface area contributed by atoms with E-state index in [1.165, 1.54) is 0 Å². The Labute approximate surface area is 48.2 Å². The molecule has 3 nitrogen and oxygen atoms in total. The summed E-state index contributed by atoms with van der Waals surface area (Å²) in [5.41, 5.74) is 0. The van der Waals surface area contributed by atoms with E-state index in [0.29, 0.717) is 0 Å². The fraction of sp³-hybridized carbons (Fsp3) is 0. The minimum absolute atomic E-state index is 0. The molecule has 0 aromatic heterocycles. The van der Waals surface area contributed by atoms with Crippen LogP contribution in [0.5, 0.6) is 0 Å². The molecule has 0 aliphatic carbocycles. The van der Waals surface area contributed by atoms with Crippen LogP contribution in [-0.2, 0) is 22.4 Å². The molecule has 0 aliphatic rings. The third-order valence-corrected chi connectivity index (χ3v) is 0. The van der Waals surface area contributed by atoms with Gasteiger partial charge in [0.2, 0.25) is 0 Å². The summed E-state index contributed by atoms with van der Waals surface area (Å²) in [6.07, 6.45) is 0. The molecule has 0 fully saturated rings. The molecule has 0 spiro atoms. The van der Waals surface area contributed by atoms with Crippen LogP contribution in [0.2, 0.25) is 0 Å². The van der Waals surface area contributed by atoms with Crippen molar-refractivity contribution in [2.45, 2.75) is 0 Å². The van der Waals surface area contributed by atoms with Gasteiger partial charge in [0.15, 0.2) is 0 Å². The zero-order valence-electron chi connectivity index (χ0n) is 2.27. The summed E-state index contributed by atoms with van der Waals surface area (Å²) in [5, 5.41) is 9.00. The van der Waals surface area contributed by atoms with Gasteiger partial charge in [-0.25, -0.2) is 0 Å². The second-order valence-corrected chi connectivity index (χ2v) is 0.0745. The average molecular weight is 277 g/mol. The first-order chi connectivity index (χ1) is 1.41. The molecule has 1 unspecified atom stereocenters. The summed E-state index contributed by atoms with van der Waals surface area (Å²) < 4.78 is 0. The molecule has 5 heavy (non-hydrogen) atoms. The fourth-order valence-corrected chi connectivity index (χ4v) is 0. The fourth-order valence-electron chi connectivity index (χ4n) is 0. The number of rotatable bonds is 0. The smallest absolute Gasteiger partial charge is 0 e. The van der Waals surface area contributed by atoms with E-state index in [1.54, 1.807) is 0 Å². The van der Waals surface area contributed by atoms with Gasteiger partial charge in [0, 0.05) is 22.4 Å². The molecule has 1 atom stereocenters. The van der Waals surface area contributed by atoms with E-state index in [0.717, 1.165) is 5.34 Å². The van der Waals surface area contributed by atoms with Crippen molar-refractivity contribution in [1.82, 2.24) is 0 Å². The molecular formula is H3AuNO2P-. The van der Waals surface area contributed by atoms with Gasteiger partial charge in [-0.15, -0.1) is 5.34 Å². The van der Waals surface area contributed by atoms with Gasteiger partial charge in [-0.1, -0.05) is 0 Å². The Balaban J connectivity index is -0.0000000200. The third kappa shape index (κ3) is 92.8. The maximum atomic E-state index is 8.00. The van der Waals surface area contributed by atoms with Crippen molar-refractivity contribution >= 4 is 9.90 Å². The SMILES string of the molecule is O=N[O-].P.[Au]. The Morgan fingerprint density at radius 3 is 1.60 bits per heavy atom. The first kappa shape index (κ1) is 17.6. The molecule has 0 amide bonds. The summed E-state index contributed by atoms with van der Waals surface area (Å²) in [7, 11) is 0. The van der Waals surface area contributed by atoms with Crippen LogP contribution in [0.1, 0.15) is 0 Å². The molecule has 0 aromatic rings. The maximum absolute atomic E-state index is 8.00. The summed E-state index contributed by atoms with van der Waals surface area (Å²) in [6, 6.07) is 0. The van der Waals surface area contributed by atoms with Gasteiger partial charge >= 0.3 is 0 Å². The number of nitrogens with zero attached hydrogens (tertiary/aromatic N) is 1. The van der Waals surface area contributed by atoms with Crippen LogP contribution in [0.4, 0.5) is 0 Å². The summed E-state index contributed by atoms with van der Waals surface area (Å²) in [5.74, 6) is 0. The molecule has 0 heterocycles. The van der Waals surface area contributed by atoms with Gasteiger partial charge in [-0.3, -0.25) is 0 Å². The maximum Gasteiger partial charge on any atom is 0 e. The topological polar surface area (TPSA) is 52.5 Å². The predicted molar refractivity (Wildman–Crippen MR) is 20.3 cm³/mol. The molecule has 5 heteroatoms. The van der Waals surface area contributed by atoms with Crippen molar-refractivity contribution in [2.75, 3.05) is 0 Å². The van der Waals surface area contributed by atoms with E-state index in [1.807, 2.05) is 0 Å². The minimum atomic E-state index is 0. The number of hydrogen-bond acceptors (Lipinski definition) is 3. The summed E-state index contributed by atoms with van der Waals surface area (Å²) in [4.78, 5) is 8.00. The minimum Gasteiger partial charge on any atom is -0.444 e. The molecule has 0 aromatic carbocycles. The van der Waals surface area contributed by atoms with Crippen LogP contribution in [0.15, 0.2) is 5.34 Å². The van der Waals surface area contributed by atoms with E-state index in [4.69, 9.17) is 10.1 Å². The Hall–Kier alpha value is 0.570. The molecule has 1 radical (unpaired) electrons. The molecule has 0 saturated carbocycles. The zero-order chi connectivity index (χ0) is 2.71. The van der Waals surface area contributed by atoms with Crippen molar-refractivity contribution < 1.29 is 22.4 Å². The first-order valence-corrected chi connectivity index (χ1v) is 0.365. The standard InChI is InChI=1S/Au.HNO2.H3P/c;2-1-3;/h;(H,2,3);1H3/p-1. The Kier molecular flexibility index (Phi) is 83.2. The molecule has 0 bridgehead atoms. The molecule has 0 saturated heterocycles. The van der Waals surface area contributed by atoms with Crippen molar-refractivity contribution in [1.29, 1.82) is 0 Å².